The maximum absolute atomic E-state index is 12.5. The molecule has 0 saturated heterocycles. The van der Waals surface area contributed by atoms with E-state index in [1.54, 1.807) is 11.3 Å². The SMILES string of the molecule is O=C(c1csc(C#CCCO)c1)N1CCc2sccc2C1. The van der Waals surface area contributed by atoms with Gasteiger partial charge in [-0.25, -0.2) is 0 Å². The molecule has 0 atom stereocenters. The molecule has 2 aromatic heterocycles. The molecule has 108 valence electrons. The molecule has 1 N–H and O–H groups in total. The van der Waals surface area contributed by atoms with Crippen LogP contribution in [0.4, 0.5) is 0 Å². The second-order valence-electron chi connectivity index (χ2n) is 4.82. The molecule has 3 nitrogen and oxygen atoms in total. The van der Waals surface area contributed by atoms with Gasteiger partial charge in [-0.3, -0.25) is 4.79 Å². The highest BCUT2D eigenvalue weighted by Crippen LogP contribution is 2.25. The van der Waals surface area contributed by atoms with Gasteiger partial charge in [-0.15, -0.1) is 22.7 Å². The second kappa shape index (κ2) is 6.44. The van der Waals surface area contributed by atoms with E-state index in [2.05, 4.69) is 23.3 Å². The topological polar surface area (TPSA) is 40.5 Å². The van der Waals surface area contributed by atoms with Gasteiger partial charge in [0, 0.05) is 29.8 Å². The maximum Gasteiger partial charge on any atom is 0.255 e. The van der Waals surface area contributed by atoms with Gasteiger partial charge in [-0.05, 0) is 29.5 Å². The summed E-state index contributed by atoms with van der Waals surface area (Å²) >= 11 is 3.25. The van der Waals surface area contributed by atoms with Gasteiger partial charge in [0.25, 0.3) is 5.91 Å². The van der Waals surface area contributed by atoms with E-state index < -0.39 is 0 Å². The van der Waals surface area contributed by atoms with Crippen molar-refractivity contribution in [1.29, 1.82) is 0 Å². The number of aliphatic hydroxyl groups excluding tert-OH is 1. The van der Waals surface area contributed by atoms with Crippen molar-refractivity contribution in [3.05, 3.63) is 43.8 Å². The van der Waals surface area contributed by atoms with E-state index in [1.807, 2.05) is 16.3 Å². The zero-order chi connectivity index (χ0) is 14.7. The number of carbonyl (C=O) groups is 1. The number of hydrogen-bond acceptors (Lipinski definition) is 4. The number of thiophene rings is 2. The minimum Gasteiger partial charge on any atom is -0.395 e. The Morgan fingerprint density at radius 3 is 3.19 bits per heavy atom. The van der Waals surface area contributed by atoms with Crippen molar-refractivity contribution in [2.45, 2.75) is 19.4 Å². The van der Waals surface area contributed by atoms with Gasteiger partial charge in [-0.2, -0.15) is 0 Å². The Balaban J connectivity index is 1.70. The fourth-order valence-electron chi connectivity index (χ4n) is 2.32. The van der Waals surface area contributed by atoms with E-state index in [-0.39, 0.29) is 12.5 Å². The van der Waals surface area contributed by atoms with E-state index in [0.29, 0.717) is 18.5 Å². The van der Waals surface area contributed by atoms with E-state index in [9.17, 15) is 4.79 Å². The van der Waals surface area contributed by atoms with Gasteiger partial charge in [0.1, 0.15) is 0 Å². The molecule has 1 amide bonds. The zero-order valence-corrected chi connectivity index (χ0v) is 13.1. The molecule has 0 unspecified atom stereocenters. The molecule has 0 aliphatic carbocycles. The molecule has 1 aliphatic rings. The van der Waals surface area contributed by atoms with E-state index in [0.717, 1.165) is 17.8 Å². The van der Waals surface area contributed by atoms with Crippen LogP contribution in [-0.2, 0) is 13.0 Å². The number of amides is 1. The van der Waals surface area contributed by atoms with Crippen molar-refractivity contribution in [3.8, 4) is 11.8 Å². The lowest BCUT2D eigenvalue weighted by Gasteiger charge is -2.26. The lowest BCUT2D eigenvalue weighted by molar-refractivity contribution is 0.0736. The zero-order valence-electron chi connectivity index (χ0n) is 11.5. The number of rotatable bonds is 2. The van der Waals surface area contributed by atoms with Gasteiger partial charge in [0.2, 0.25) is 0 Å². The third kappa shape index (κ3) is 3.18. The molecule has 0 spiro atoms. The predicted molar refractivity (Wildman–Crippen MR) is 85.7 cm³/mol. The van der Waals surface area contributed by atoms with Crippen LogP contribution in [0.2, 0.25) is 0 Å². The van der Waals surface area contributed by atoms with Crippen LogP contribution in [0.15, 0.2) is 22.9 Å². The first-order chi connectivity index (χ1) is 10.3. The first-order valence-electron chi connectivity index (χ1n) is 6.80. The van der Waals surface area contributed by atoms with Crippen LogP contribution in [-0.4, -0.2) is 29.1 Å². The lowest BCUT2D eigenvalue weighted by atomic mass is 10.1. The van der Waals surface area contributed by atoms with Crippen molar-refractivity contribution in [3.63, 3.8) is 0 Å². The number of hydrogen-bond donors (Lipinski definition) is 1. The van der Waals surface area contributed by atoms with Crippen molar-refractivity contribution < 1.29 is 9.90 Å². The van der Waals surface area contributed by atoms with Crippen molar-refractivity contribution in [1.82, 2.24) is 4.90 Å². The Morgan fingerprint density at radius 2 is 2.33 bits per heavy atom. The van der Waals surface area contributed by atoms with Crippen molar-refractivity contribution >= 4 is 28.6 Å². The quantitative estimate of drug-likeness (QED) is 0.865. The summed E-state index contributed by atoms with van der Waals surface area (Å²) in [7, 11) is 0. The Labute approximate surface area is 131 Å². The van der Waals surface area contributed by atoms with Crippen LogP contribution < -0.4 is 0 Å². The highest BCUT2D eigenvalue weighted by atomic mass is 32.1. The summed E-state index contributed by atoms with van der Waals surface area (Å²) in [4.78, 5) is 16.7. The van der Waals surface area contributed by atoms with Crippen LogP contribution in [0.3, 0.4) is 0 Å². The van der Waals surface area contributed by atoms with E-state index >= 15 is 0 Å². The van der Waals surface area contributed by atoms with Crippen molar-refractivity contribution in [2.75, 3.05) is 13.2 Å². The molecule has 0 bridgehead atoms. The van der Waals surface area contributed by atoms with Gasteiger partial charge >= 0.3 is 0 Å². The molecule has 3 heterocycles. The molecular formula is C16H15NO2S2. The minimum absolute atomic E-state index is 0.0704. The molecule has 1 aliphatic heterocycles. The second-order valence-corrected chi connectivity index (χ2v) is 6.73. The Bertz CT molecular complexity index is 705. The van der Waals surface area contributed by atoms with Crippen LogP contribution in [0.5, 0.6) is 0 Å². The van der Waals surface area contributed by atoms with E-state index in [4.69, 9.17) is 5.11 Å². The van der Waals surface area contributed by atoms with Crippen LogP contribution in [0.25, 0.3) is 0 Å². The van der Waals surface area contributed by atoms with Gasteiger partial charge in [0.15, 0.2) is 0 Å². The molecule has 3 rings (SSSR count). The average molecular weight is 317 g/mol. The molecule has 0 saturated carbocycles. The third-order valence-corrected chi connectivity index (χ3v) is 5.26. The number of nitrogens with zero attached hydrogens (tertiary/aromatic N) is 1. The van der Waals surface area contributed by atoms with E-state index in [1.165, 1.54) is 21.8 Å². The molecule has 0 fully saturated rings. The van der Waals surface area contributed by atoms with Crippen LogP contribution in [0, 0.1) is 11.8 Å². The molecule has 2 aromatic rings. The molecule has 21 heavy (non-hydrogen) atoms. The number of fused-ring (bicyclic) bond motifs is 1. The molecule has 0 radical (unpaired) electrons. The van der Waals surface area contributed by atoms with Gasteiger partial charge < -0.3 is 10.0 Å². The summed E-state index contributed by atoms with van der Waals surface area (Å²) in [5, 5.41) is 12.7. The van der Waals surface area contributed by atoms with Crippen LogP contribution in [0.1, 0.15) is 32.1 Å². The Kier molecular flexibility index (Phi) is 4.39. The highest BCUT2D eigenvalue weighted by Gasteiger charge is 2.23. The largest absolute Gasteiger partial charge is 0.395 e. The standard InChI is InChI=1S/C16H15NO2S2/c18-7-2-1-3-14-9-13(11-21-14)16(19)17-6-4-15-12(10-17)5-8-20-15/h5,8-9,11,18H,2,4,6-7,10H2. The Morgan fingerprint density at radius 1 is 1.43 bits per heavy atom. The lowest BCUT2D eigenvalue weighted by Crippen LogP contribution is -2.35. The fraction of sp³-hybridized carbons (Fsp3) is 0.312. The summed E-state index contributed by atoms with van der Waals surface area (Å²) in [6.07, 6.45) is 1.42. The number of carbonyl (C=O) groups excluding carboxylic acids is 1. The van der Waals surface area contributed by atoms with Gasteiger partial charge in [-0.1, -0.05) is 11.8 Å². The van der Waals surface area contributed by atoms with Crippen molar-refractivity contribution in [2.24, 2.45) is 0 Å². The minimum atomic E-state index is 0.0704. The summed E-state index contributed by atoms with van der Waals surface area (Å²) in [5.74, 6) is 5.94. The first-order valence-corrected chi connectivity index (χ1v) is 8.56. The Hall–Kier alpha value is -1.61. The predicted octanol–water partition coefficient (Wildman–Crippen LogP) is 2.74. The number of aliphatic hydroxyl groups is 1. The van der Waals surface area contributed by atoms with Gasteiger partial charge in [0.05, 0.1) is 17.0 Å². The molecule has 0 aromatic carbocycles. The maximum atomic E-state index is 12.5. The molecular weight excluding hydrogens is 302 g/mol. The highest BCUT2D eigenvalue weighted by molar-refractivity contribution is 7.11. The summed E-state index contributed by atoms with van der Waals surface area (Å²) in [5.41, 5.74) is 1.99. The molecule has 5 heteroatoms. The summed E-state index contributed by atoms with van der Waals surface area (Å²) in [6.45, 7) is 1.56. The smallest absolute Gasteiger partial charge is 0.255 e. The summed E-state index contributed by atoms with van der Waals surface area (Å²) in [6, 6.07) is 3.96. The summed E-state index contributed by atoms with van der Waals surface area (Å²) < 4.78 is 0. The average Bonchev–Trinajstić information content (AvgIpc) is 3.15. The fourth-order valence-corrected chi connectivity index (χ4v) is 3.96. The van der Waals surface area contributed by atoms with Crippen LogP contribution >= 0.6 is 22.7 Å². The normalized spacial score (nSPS) is 13.5. The first kappa shape index (κ1) is 14.3. The third-order valence-electron chi connectivity index (χ3n) is 3.39. The monoisotopic (exact) mass is 317 g/mol.